The average molecular weight is 375 g/mol. The van der Waals surface area contributed by atoms with Crippen LogP contribution in [0.5, 0.6) is 0 Å². The minimum Gasteiger partial charge on any atom is -0.349 e. The van der Waals surface area contributed by atoms with Crippen LogP contribution >= 0.6 is 0 Å². The van der Waals surface area contributed by atoms with Crippen LogP contribution in [0.15, 0.2) is 53.3 Å². The molecule has 0 aliphatic rings. The fraction of sp³-hybridized carbons (Fsp3) is 0.0588. The van der Waals surface area contributed by atoms with Gasteiger partial charge in [-0.2, -0.15) is 0 Å². The number of halogens is 1. The summed E-state index contributed by atoms with van der Waals surface area (Å²) in [6, 6.07) is 11.1. The zero-order valence-electron chi connectivity index (χ0n) is 13.5. The number of carbonyl (C=O) groups excluding carboxylic acids is 1. The van der Waals surface area contributed by atoms with Crippen molar-refractivity contribution in [2.24, 2.45) is 0 Å². The number of hydrogen-bond acceptors (Lipinski definition) is 4. The lowest BCUT2D eigenvalue weighted by Crippen LogP contribution is -2.18. The Balaban J connectivity index is 2.07. The number of sulfonamides is 1. The number of carbonyl (C=O) groups is 1. The first-order valence-corrected chi connectivity index (χ1v) is 9.33. The summed E-state index contributed by atoms with van der Waals surface area (Å²) in [6.07, 6.45) is 0.971. The maximum absolute atomic E-state index is 13.7. The summed E-state index contributed by atoms with van der Waals surface area (Å²) < 4.78 is 39.0. The van der Waals surface area contributed by atoms with Gasteiger partial charge in [-0.1, -0.05) is 18.2 Å². The second-order valence-electron chi connectivity index (χ2n) is 5.58. The van der Waals surface area contributed by atoms with E-state index < -0.39 is 27.2 Å². The third-order valence-electron chi connectivity index (χ3n) is 3.53. The summed E-state index contributed by atoms with van der Waals surface area (Å²) in [5.41, 5.74) is -0.365. The van der Waals surface area contributed by atoms with Gasteiger partial charge in [0, 0.05) is 11.5 Å². The molecule has 3 aromatic rings. The molecule has 1 heterocycles. The van der Waals surface area contributed by atoms with Crippen LogP contribution in [0.25, 0.3) is 10.9 Å². The topological polar surface area (TPSA) is 108 Å². The molecule has 9 heteroatoms. The Kier molecular flexibility index (Phi) is 4.47. The first kappa shape index (κ1) is 17.6. The van der Waals surface area contributed by atoms with Crippen molar-refractivity contribution in [2.75, 3.05) is 16.3 Å². The molecular formula is C17H14FN3O4S. The Morgan fingerprint density at radius 3 is 2.46 bits per heavy atom. The first-order chi connectivity index (χ1) is 12.2. The van der Waals surface area contributed by atoms with Gasteiger partial charge in [-0.3, -0.25) is 14.3 Å². The molecule has 1 aromatic heterocycles. The number of aromatic amines is 1. The third-order valence-corrected chi connectivity index (χ3v) is 4.12. The highest BCUT2D eigenvalue weighted by molar-refractivity contribution is 7.92. The van der Waals surface area contributed by atoms with E-state index in [4.69, 9.17) is 0 Å². The number of rotatable bonds is 4. The Labute approximate surface area is 147 Å². The van der Waals surface area contributed by atoms with Gasteiger partial charge in [0.25, 0.3) is 5.91 Å². The fourth-order valence-electron chi connectivity index (χ4n) is 2.43. The van der Waals surface area contributed by atoms with Gasteiger partial charge in [-0.25, -0.2) is 12.8 Å². The molecule has 3 rings (SSSR count). The molecule has 0 aliphatic heterocycles. The average Bonchev–Trinajstić information content (AvgIpc) is 2.56. The van der Waals surface area contributed by atoms with Gasteiger partial charge in [0.15, 0.2) is 5.43 Å². The van der Waals surface area contributed by atoms with Crippen molar-refractivity contribution in [1.82, 2.24) is 4.98 Å². The van der Waals surface area contributed by atoms with E-state index in [1.165, 1.54) is 36.4 Å². The Morgan fingerprint density at radius 1 is 1.08 bits per heavy atom. The molecule has 26 heavy (non-hydrogen) atoms. The standard InChI is InChI=1S/C17H14FN3O4S/c1-26(24,25)21-13-8-4-5-10-15(22)9-14(19-16(10)13)17(23)20-12-7-3-2-6-11(12)18/h2-9,21H,1H3,(H,19,22)(H,20,23). The predicted octanol–water partition coefficient (Wildman–Crippen LogP) is 2.29. The van der Waals surface area contributed by atoms with Gasteiger partial charge in [0.05, 0.1) is 23.1 Å². The number of benzene rings is 2. The van der Waals surface area contributed by atoms with Gasteiger partial charge < -0.3 is 10.3 Å². The van der Waals surface area contributed by atoms with E-state index in [0.717, 1.165) is 12.3 Å². The van der Waals surface area contributed by atoms with Crippen LogP contribution in [0.2, 0.25) is 0 Å². The summed E-state index contributed by atoms with van der Waals surface area (Å²) in [5.74, 6) is -1.35. The van der Waals surface area contributed by atoms with Crippen LogP contribution in [-0.2, 0) is 10.0 Å². The molecule has 0 aliphatic carbocycles. The van der Waals surface area contributed by atoms with Crippen molar-refractivity contribution in [2.45, 2.75) is 0 Å². The zero-order valence-corrected chi connectivity index (χ0v) is 14.4. The highest BCUT2D eigenvalue weighted by Crippen LogP contribution is 2.21. The smallest absolute Gasteiger partial charge is 0.272 e. The highest BCUT2D eigenvalue weighted by Gasteiger charge is 2.14. The van der Waals surface area contributed by atoms with E-state index in [1.807, 2.05) is 0 Å². The van der Waals surface area contributed by atoms with Crippen molar-refractivity contribution in [1.29, 1.82) is 0 Å². The largest absolute Gasteiger partial charge is 0.349 e. The molecular weight excluding hydrogens is 361 g/mol. The van der Waals surface area contributed by atoms with Crippen molar-refractivity contribution >= 4 is 38.2 Å². The monoisotopic (exact) mass is 375 g/mol. The number of hydrogen-bond donors (Lipinski definition) is 3. The van der Waals surface area contributed by atoms with E-state index in [2.05, 4.69) is 15.0 Å². The molecule has 134 valence electrons. The molecule has 2 aromatic carbocycles. The molecule has 0 saturated carbocycles. The number of H-pyrrole nitrogens is 1. The SMILES string of the molecule is CS(=O)(=O)Nc1cccc2c(=O)cc(C(=O)Nc3ccccc3F)[nH]c12. The molecule has 1 amide bonds. The maximum atomic E-state index is 13.7. The number of fused-ring (bicyclic) bond motifs is 1. The number of amides is 1. The molecule has 0 bridgehead atoms. The first-order valence-electron chi connectivity index (χ1n) is 7.44. The van der Waals surface area contributed by atoms with Crippen LogP contribution in [0, 0.1) is 5.82 Å². The van der Waals surface area contributed by atoms with E-state index in [-0.39, 0.29) is 28.0 Å². The quantitative estimate of drug-likeness (QED) is 0.650. The van der Waals surface area contributed by atoms with Crippen LogP contribution < -0.4 is 15.5 Å². The molecule has 0 saturated heterocycles. The fourth-order valence-corrected chi connectivity index (χ4v) is 3.00. The lowest BCUT2D eigenvalue weighted by Gasteiger charge is -2.10. The van der Waals surface area contributed by atoms with E-state index >= 15 is 0 Å². The summed E-state index contributed by atoms with van der Waals surface area (Å²) >= 11 is 0. The van der Waals surface area contributed by atoms with Crippen molar-refractivity contribution in [3.8, 4) is 0 Å². The predicted molar refractivity (Wildman–Crippen MR) is 97.4 cm³/mol. The number of anilines is 2. The second kappa shape index (κ2) is 6.60. The molecule has 0 fully saturated rings. The van der Waals surface area contributed by atoms with Crippen LogP contribution in [0.3, 0.4) is 0 Å². The lowest BCUT2D eigenvalue weighted by atomic mass is 10.1. The van der Waals surface area contributed by atoms with Gasteiger partial charge in [-0.15, -0.1) is 0 Å². The van der Waals surface area contributed by atoms with Crippen molar-refractivity contribution in [3.63, 3.8) is 0 Å². The number of pyridine rings is 1. The molecule has 7 nitrogen and oxygen atoms in total. The van der Waals surface area contributed by atoms with Crippen LogP contribution in [0.1, 0.15) is 10.5 Å². The Morgan fingerprint density at radius 2 is 1.77 bits per heavy atom. The van der Waals surface area contributed by atoms with Gasteiger partial charge >= 0.3 is 0 Å². The molecule has 3 N–H and O–H groups in total. The van der Waals surface area contributed by atoms with Crippen LogP contribution in [-0.4, -0.2) is 25.6 Å². The number of aromatic nitrogens is 1. The van der Waals surface area contributed by atoms with Gasteiger partial charge in [0.2, 0.25) is 10.0 Å². The highest BCUT2D eigenvalue weighted by atomic mass is 32.2. The minimum atomic E-state index is -3.59. The van der Waals surface area contributed by atoms with E-state index in [1.54, 1.807) is 6.07 Å². The summed E-state index contributed by atoms with van der Waals surface area (Å²) in [4.78, 5) is 27.4. The second-order valence-corrected chi connectivity index (χ2v) is 7.33. The molecule has 0 spiro atoms. The maximum Gasteiger partial charge on any atom is 0.272 e. The third kappa shape index (κ3) is 3.72. The minimum absolute atomic E-state index is 0.0407. The Bertz CT molecular complexity index is 1170. The van der Waals surface area contributed by atoms with E-state index in [0.29, 0.717) is 0 Å². The summed E-state index contributed by atoms with van der Waals surface area (Å²) in [6.45, 7) is 0. The Hall–Kier alpha value is -3.20. The lowest BCUT2D eigenvalue weighted by molar-refractivity contribution is 0.102. The normalized spacial score (nSPS) is 11.3. The van der Waals surface area contributed by atoms with Crippen molar-refractivity contribution < 1.29 is 17.6 Å². The molecule has 0 atom stereocenters. The van der Waals surface area contributed by atoms with Gasteiger partial charge in [0.1, 0.15) is 11.5 Å². The van der Waals surface area contributed by atoms with Crippen molar-refractivity contribution in [3.05, 3.63) is 70.3 Å². The number of nitrogens with one attached hydrogen (secondary N) is 3. The van der Waals surface area contributed by atoms with Gasteiger partial charge in [-0.05, 0) is 24.3 Å². The zero-order chi connectivity index (χ0) is 18.9. The number of para-hydroxylation sites is 2. The molecule has 0 unspecified atom stereocenters. The van der Waals surface area contributed by atoms with Crippen LogP contribution in [0.4, 0.5) is 15.8 Å². The molecule has 0 radical (unpaired) electrons. The summed E-state index contributed by atoms with van der Waals surface area (Å²) in [5, 5.41) is 2.57. The van der Waals surface area contributed by atoms with E-state index in [9.17, 15) is 22.4 Å². The summed E-state index contributed by atoms with van der Waals surface area (Å²) in [7, 11) is -3.59.